The number of imidazole rings is 1. The minimum Gasteiger partial charge on any atom is -0.507 e. The molecule has 6 nitrogen and oxygen atoms in total. The first-order chi connectivity index (χ1) is 15.0. The van der Waals surface area contributed by atoms with Crippen LogP contribution >= 0.6 is 31.9 Å². The van der Waals surface area contributed by atoms with Gasteiger partial charge in [0.15, 0.2) is 0 Å². The summed E-state index contributed by atoms with van der Waals surface area (Å²) in [5, 5.41) is 11.0. The van der Waals surface area contributed by atoms with Crippen molar-refractivity contribution in [2.75, 3.05) is 6.54 Å². The van der Waals surface area contributed by atoms with E-state index in [-0.39, 0.29) is 11.3 Å². The van der Waals surface area contributed by atoms with Gasteiger partial charge in [0.1, 0.15) is 11.6 Å². The molecule has 0 aliphatic carbocycles. The second kappa shape index (κ2) is 9.20. The van der Waals surface area contributed by atoms with E-state index in [0.29, 0.717) is 24.9 Å². The predicted molar refractivity (Wildman–Crippen MR) is 124 cm³/mol. The predicted octanol–water partition coefficient (Wildman–Crippen LogP) is 4.99. The minimum absolute atomic E-state index is 0.0946. The number of ketones is 1. The molecule has 0 radical (unpaired) electrons. The highest BCUT2D eigenvalue weighted by Crippen LogP contribution is 2.42. The summed E-state index contributed by atoms with van der Waals surface area (Å²) in [4.78, 5) is 34.8. The van der Waals surface area contributed by atoms with E-state index in [1.165, 1.54) is 4.90 Å². The van der Waals surface area contributed by atoms with Crippen LogP contribution in [0.2, 0.25) is 0 Å². The minimum atomic E-state index is -0.684. The third-order valence-corrected chi connectivity index (χ3v) is 6.48. The number of carbonyl (C=O) groups excluding carboxylic acids is 2. The second-order valence-corrected chi connectivity index (χ2v) is 8.93. The van der Waals surface area contributed by atoms with Crippen molar-refractivity contribution in [1.29, 1.82) is 0 Å². The summed E-state index contributed by atoms with van der Waals surface area (Å²) in [5.41, 5.74) is 1.32. The van der Waals surface area contributed by atoms with Crippen LogP contribution in [0.25, 0.3) is 5.76 Å². The molecule has 8 heteroatoms. The average molecular weight is 545 g/mol. The van der Waals surface area contributed by atoms with Gasteiger partial charge in [0.25, 0.3) is 11.7 Å². The van der Waals surface area contributed by atoms with Crippen molar-refractivity contribution in [2.45, 2.75) is 18.9 Å². The van der Waals surface area contributed by atoms with Crippen molar-refractivity contribution in [3.63, 3.8) is 0 Å². The molecule has 1 unspecified atom stereocenters. The Hall–Kier alpha value is -2.71. The van der Waals surface area contributed by atoms with Crippen molar-refractivity contribution >= 4 is 49.3 Å². The number of nitrogens with zero attached hydrogens (tertiary/aromatic N) is 2. The molecular weight excluding hydrogens is 526 g/mol. The third kappa shape index (κ3) is 4.36. The number of aryl methyl sites for hydroxylation is 1. The van der Waals surface area contributed by atoms with Crippen LogP contribution in [0.5, 0.6) is 0 Å². The van der Waals surface area contributed by atoms with Gasteiger partial charge in [0.2, 0.25) is 0 Å². The van der Waals surface area contributed by atoms with E-state index in [9.17, 15) is 14.7 Å². The molecule has 1 amide bonds. The fourth-order valence-electron chi connectivity index (χ4n) is 3.75. The molecule has 1 saturated heterocycles. The number of halogens is 2. The number of aliphatic hydroxyl groups excluding tert-OH is 1. The van der Waals surface area contributed by atoms with Gasteiger partial charge in [-0.05, 0) is 30.2 Å². The molecule has 2 heterocycles. The molecule has 2 aromatic carbocycles. The van der Waals surface area contributed by atoms with Crippen LogP contribution in [0.3, 0.4) is 0 Å². The third-order valence-electron chi connectivity index (χ3n) is 5.22. The Morgan fingerprint density at radius 3 is 2.52 bits per heavy atom. The molecule has 4 rings (SSSR count). The first-order valence-corrected chi connectivity index (χ1v) is 11.3. The van der Waals surface area contributed by atoms with E-state index >= 15 is 0 Å². The van der Waals surface area contributed by atoms with Gasteiger partial charge in [-0.15, -0.1) is 0 Å². The Labute approximate surface area is 196 Å². The van der Waals surface area contributed by atoms with Crippen LogP contribution in [0.1, 0.15) is 29.4 Å². The highest BCUT2D eigenvalue weighted by Gasteiger charge is 2.46. The number of aromatic nitrogens is 2. The van der Waals surface area contributed by atoms with Crippen LogP contribution < -0.4 is 0 Å². The highest BCUT2D eigenvalue weighted by molar-refractivity contribution is 9.10. The molecule has 1 aliphatic heterocycles. The van der Waals surface area contributed by atoms with Gasteiger partial charge in [-0.2, -0.15) is 0 Å². The smallest absolute Gasteiger partial charge is 0.295 e. The van der Waals surface area contributed by atoms with Gasteiger partial charge in [-0.25, -0.2) is 4.98 Å². The lowest BCUT2D eigenvalue weighted by Gasteiger charge is -2.26. The summed E-state index contributed by atoms with van der Waals surface area (Å²) in [7, 11) is 0. The number of hydrogen-bond donors (Lipinski definition) is 2. The van der Waals surface area contributed by atoms with Crippen molar-refractivity contribution in [1.82, 2.24) is 14.9 Å². The fraction of sp³-hybridized carbons (Fsp3) is 0.174. The number of aliphatic hydroxyl groups is 1. The lowest BCUT2D eigenvalue weighted by Crippen LogP contribution is -2.31. The van der Waals surface area contributed by atoms with Gasteiger partial charge in [0.05, 0.1) is 11.6 Å². The lowest BCUT2D eigenvalue weighted by atomic mass is 9.95. The van der Waals surface area contributed by atoms with Crippen molar-refractivity contribution in [2.24, 2.45) is 0 Å². The maximum Gasteiger partial charge on any atom is 0.295 e. The monoisotopic (exact) mass is 543 g/mol. The Kier molecular flexibility index (Phi) is 6.38. The number of Topliss-reactive ketones (excluding diaryl/α,β-unsaturated/α-hetero) is 1. The molecule has 1 atom stereocenters. The molecule has 158 valence electrons. The number of hydrogen-bond acceptors (Lipinski definition) is 4. The Bertz CT molecular complexity index is 1140. The van der Waals surface area contributed by atoms with Gasteiger partial charge in [-0.3, -0.25) is 9.59 Å². The molecule has 0 saturated carbocycles. The van der Waals surface area contributed by atoms with E-state index < -0.39 is 17.7 Å². The number of carbonyl (C=O) groups is 2. The normalized spacial score (nSPS) is 18.0. The number of amides is 1. The quantitative estimate of drug-likeness (QED) is 0.260. The number of likely N-dealkylation sites (tertiary alicyclic amines) is 1. The first-order valence-electron chi connectivity index (χ1n) is 9.74. The number of nitrogens with one attached hydrogen (secondary N) is 1. The van der Waals surface area contributed by atoms with E-state index in [2.05, 4.69) is 41.8 Å². The molecule has 3 aromatic rings. The van der Waals surface area contributed by atoms with Crippen LogP contribution in [0.15, 0.2) is 75.4 Å². The zero-order chi connectivity index (χ0) is 22.0. The standard InChI is InChI=1S/C23H19Br2N3O3/c24-15-9-7-14(8-10-15)21(29)19-20(16-4-1-2-5-17(16)25)28(23(31)22(19)30)13-3-6-18-26-11-12-27-18/h1-2,4-5,7-12,20,29H,3,6,13H2,(H,26,27)/b21-19+. The van der Waals surface area contributed by atoms with E-state index in [1.54, 1.807) is 36.7 Å². The zero-order valence-electron chi connectivity index (χ0n) is 16.4. The van der Waals surface area contributed by atoms with Crippen molar-refractivity contribution in [3.05, 3.63) is 92.4 Å². The molecule has 1 fully saturated rings. The zero-order valence-corrected chi connectivity index (χ0v) is 19.6. The van der Waals surface area contributed by atoms with Crippen LogP contribution in [0.4, 0.5) is 0 Å². The topological polar surface area (TPSA) is 86.3 Å². The number of rotatable bonds is 6. The van der Waals surface area contributed by atoms with Crippen LogP contribution in [-0.4, -0.2) is 38.2 Å². The number of aromatic amines is 1. The van der Waals surface area contributed by atoms with E-state index in [1.807, 2.05) is 24.3 Å². The highest BCUT2D eigenvalue weighted by atomic mass is 79.9. The van der Waals surface area contributed by atoms with Crippen molar-refractivity contribution in [3.8, 4) is 0 Å². The second-order valence-electron chi connectivity index (χ2n) is 7.16. The molecule has 0 spiro atoms. The van der Waals surface area contributed by atoms with Gasteiger partial charge in [-0.1, -0.05) is 62.2 Å². The Morgan fingerprint density at radius 1 is 1.10 bits per heavy atom. The summed E-state index contributed by atoms with van der Waals surface area (Å²) in [5.74, 6) is -0.651. The SMILES string of the molecule is O=C1C(=O)N(CCCc2ncc[nH]2)C(c2ccccc2Br)/C1=C(\O)c1ccc(Br)cc1. The maximum atomic E-state index is 13.0. The number of benzene rings is 2. The molecule has 2 N–H and O–H groups in total. The molecular formula is C23H19Br2N3O3. The molecule has 1 aromatic heterocycles. The Balaban J connectivity index is 1.75. The summed E-state index contributed by atoms with van der Waals surface area (Å²) in [6.45, 7) is 0.356. The van der Waals surface area contributed by atoms with Gasteiger partial charge >= 0.3 is 0 Å². The fourth-order valence-corrected chi connectivity index (χ4v) is 4.51. The van der Waals surface area contributed by atoms with Gasteiger partial charge < -0.3 is 15.0 Å². The lowest BCUT2D eigenvalue weighted by molar-refractivity contribution is -0.139. The summed E-state index contributed by atoms with van der Waals surface area (Å²) < 4.78 is 1.62. The van der Waals surface area contributed by atoms with Gasteiger partial charge in [0, 0.05) is 39.9 Å². The summed E-state index contributed by atoms with van der Waals surface area (Å²) in [6.07, 6.45) is 4.70. The van der Waals surface area contributed by atoms with Crippen molar-refractivity contribution < 1.29 is 14.7 Å². The molecule has 0 bridgehead atoms. The average Bonchev–Trinajstić information content (AvgIpc) is 3.36. The molecule has 31 heavy (non-hydrogen) atoms. The molecule has 1 aliphatic rings. The summed E-state index contributed by atoms with van der Waals surface area (Å²) in [6, 6.07) is 13.7. The largest absolute Gasteiger partial charge is 0.507 e. The van der Waals surface area contributed by atoms with Crippen LogP contribution in [0, 0.1) is 0 Å². The van der Waals surface area contributed by atoms with Crippen LogP contribution in [-0.2, 0) is 16.0 Å². The number of H-pyrrole nitrogens is 1. The summed E-state index contributed by atoms with van der Waals surface area (Å²) >= 11 is 6.91. The Morgan fingerprint density at radius 2 is 1.84 bits per heavy atom. The first kappa shape index (κ1) is 21.5. The maximum absolute atomic E-state index is 13.0. The van der Waals surface area contributed by atoms with E-state index in [0.717, 1.165) is 20.3 Å². The van der Waals surface area contributed by atoms with E-state index in [4.69, 9.17) is 0 Å².